The summed E-state index contributed by atoms with van der Waals surface area (Å²) >= 11 is 0. The second-order valence-corrected chi connectivity index (χ2v) is 5.66. The van der Waals surface area contributed by atoms with Crippen molar-refractivity contribution in [3.8, 4) is 11.6 Å². The Morgan fingerprint density at radius 2 is 2.10 bits per heavy atom. The number of hydrogen-bond donors (Lipinski definition) is 0. The van der Waals surface area contributed by atoms with Gasteiger partial charge in [0.2, 0.25) is 5.88 Å². The molecule has 0 radical (unpaired) electrons. The number of aromatic nitrogens is 2. The van der Waals surface area contributed by atoms with E-state index in [2.05, 4.69) is 5.10 Å². The topological polar surface area (TPSA) is 45.5 Å². The third kappa shape index (κ3) is 3.25. The van der Waals surface area contributed by atoms with E-state index in [-0.39, 0.29) is 6.10 Å². The van der Waals surface area contributed by atoms with E-state index >= 15 is 0 Å². The van der Waals surface area contributed by atoms with Crippen LogP contribution in [0.5, 0.6) is 5.88 Å². The lowest BCUT2D eigenvalue weighted by molar-refractivity contribution is -0.141. The van der Waals surface area contributed by atoms with Crippen LogP contribution in [-0.4, -0.2) is 34.9 Å². The highest BCUT2D eigenvalue weighted by Gasteiger charge is 2.33. The van der Waals surface area contributed by atoms with Crippen molar-refractivity contribution in [2.24, 2.45) is 0 Å². The predicted octanol–water partition coefficient (Wildman–Crippen LogP) is 2.71. The molecule has 1 saturated heterocycles. The van der Waals surface area contributed by atoms with Crippen LogP contribution < -0.4 is 4.74 Å². The molecule has 2 aromatic rings. The van der Waals surface area contributed by atoms with Crippen LogP contribution in [0, 0.1) is 6.92 Å². The molecule has 1 aromatic carbocycles. The first kappa shape index (κ1) is 14.1. The molecule has 0 bridgehead atoms. The van der Waals surface area contributed by atoms with Crippen LogP contribution in [0.25, 0.3) is 5.69 Å². The lowest BCUT2D eigenvalue weighted by atomic mass is 10.3. The molecule has 0 spiro atoms. The maximum Gasteiger partial charge on any atom is 0.236 e. The van der Waals surface area contributed by atoms with E-state index in [0.717, 1.165) is 11.3 Å². The van der Waals surface area contributed by atoms with Crippen LogP contribution in [0.3, 0.4) is 0 Å². The molecule has 21 heavy (non-hydrogen) atoms. The summed E-state index contributed by atoms with van der Waals surface area (Å²) in [7, 11) is 0. The zero-order valence-corrected chi connectivity index (χ0v) is 12.6. The minimum absolute atomic E-state index is 0.0544. The first-order chi connectivity index (χ1) is 10.0. The average molecular weight is 288 g/mol. The quantitative estimate of drug-likeness (QED) is 0.868. The highest BCUT2D eigenvalue weighted by Crippen LogP contribution is 2.24. The summed E-state index contributed by atoms with van der Waals surface area (Å²) in [6, 6.07) is 9.97. The molecule has 1 aliphatic rings. The Hall–Kier alpha value is -1.85. The second kappa shape index (κ2) is 5.50. The first-order valence-corrected chi connectivity index (χ1v) is 7.10. The fraction of sp³-hybridized carbons (Fsp3) is 0.438. The van der Waals surface area contributed by atoms with Gasteiger partial charge in [-0.2, -0.15) is 0 Å². The fourth-order valence-corrected chi connectivity index (χ4v) is 2.32. The zero-order chi connectivity index (χ0) is 14.9. The van der Waals surface area contributed by atoms with Crippen molar-refractivity contribution in [3.63, 3.8) is 0 Å². The molecule has 1 aliphatic heterocycles. The van der Waals surface area contributed by atoms with Gasteiger partial charge in [-0.05, 0) is 32.9 Å². The number of aryl methyl sites for hydroxylation is 1. The van der Waals surface area contributed by atoms with Gasteiger partial charge in [0.1, 0.15) is 12.7 Å². The monoisotopic (exact) mass is 288 g/mol. The van der Waals surface area contributed by atoms with Crippen molar-refractivity contribution in [2.45, 2.75) is 32.7 Å². The molecule has 1 fully saturated rings. The molecule has 5 nitrogen and oxygen atoms in total. The van der Waals surface area contributed by atoms with E-state index in [1.165, 1.54) is 0 Å². The molecular formula is C16H20N2O3. The minimum atomic E-state index is -0.521. The maximum atomic E-state index is 5.78. The molecular weight excluding hydrogens is 268 g/mol. The van der Waals surface area contributed by atoms with Crippen molar-refractivity contribution in [3.05, 3.63) is 42.1 Å². The number of hydrogen-bond acceptors (Lipinski definition) is 4. The molecule has 0 N–H and O–H groups in total. The Bertz CT molecular complexity index is 607. The fourth-order valence-electron chi connectivity index (χ4n) is 2.32. The lowest BCUT2D eigenvalue weighted by Gasteiger charge is -2.17. The summed E-state index contributed by atoms with van der Waals surface area (Å²) in [6.07, 6.45) is 1.90. The van der Waals surface area contributed by atoms with Gasteiger partial charge in [0.25, 0.3) is 0 Å². The van der Waals surface area contributed by atoms with Gasteiger partial charge >= 0.3 is 0 Å². The molecule has 1 atom stereocenters. The van der Waals surface area contributed by atoms with E-state index in [0.29, 0.717) is 19.1 Å². The number of benzene rings is 1. The number of rotatable bonds is 4. The van der Waals surface area contributed by atoms with Gasteiger partial charge in [-0.3, -0.25) is 0 Å². The Labute approximate surface area is 124 Å². The lowest BCUT2D eigenvalue weighted by Crippen LogP contribution is -2.25. The molecule has 3 rings (SSSR count). The minimum Gasteiger partial charge on any atom is -0.474 e. The normalized spacial score (nSPS) is 20.6. The molecule has 0 unspecified atom stereocenters. The second-order valence-electron chi connectivity index (χ2n) is 5.66. The first-order valence-electron chi connectivity index (χ1n) is 7.10. The third-order valence-electron chi connectivity index (χ3n) is 3.35. The van der Waals surface area contributed by atoms with Gasteiger partial charge < -0.3 is 14.2 Å². The van der Waals surface area contributed by atoms with Crippen molar-refractivity contribution in [1.82, 2.24) is 9.78 Å². The van der Waals surface area contributed by atoms with Crippen LogP contribution in [0.2, 0.25) is 0 Å². The van der Waals surface area contributed by atoms with Crippen LogP contribution in [0.1, 0.15) is 19.4 Å². The number of nitrogens with zero attached hydrogens (tertiary/aromatic N) is 2. The van der Waals surface area contributed by atoms with E-state index in [1.54, 1.807) is 0 Å². The molecule has 0 aliphatic carbocycles. The SMILES string of the molecule is Cc1cn(-c2ccccc2)nc1OC[C@H]1COC(C)(C)O1. The maximum absolute atomic E-state index is 5.78. The Kier molecular flexibility index (Phi) is 3.69. The average Bonchev–Trinajstić information content (AvgIpc) is 3.00. The highest BCUT2D eigenvalue weighted by atomic mass is 16.7. The summed E-state index contributed by atoms with van der Waals surface area (Å²) in [6.45, 7) is 6.78. The van der Waals surface area contributed by atoms with E-state index in [1.807, 2.05) is 62.0 Å². The smallest absolute Gasteiger partial charge is 0.236 e. The van der Waals surface area contributed by atoms with Crippen LogP contribution >= 0.6 is 0 Å². The van der Waals surface area contributed by atoms with Crippen LogP contribution in [0.4, 0.5) is 0 Å². The molecule has 112 valence electrons. The van der Waals surface area contributed by atoms with E-state index < -0.39 is 5.79 Å². The van der Waals surface area contributed by atoms with Gasteiger partial charge in [-0.25, -0.2) is 4.68 Å². The molecule has 0 saturated carbocycles. The third-order valence-corrected chi connectivity index (χ3v) is 3.35. The molecule has 1 aromatic heterocycles. The van der Waals surface area contributed by atoms with Gasteiger partial charge in [-0.1, -0.05) is 18.2 Å². The summed E-state index contributed by atoms with van der Waals surface area (Å²) < 4.78 is 18.8. The van der Waals surface area contributed by atoms with Gasteiger partial charge in [0.15, 0.2) is 5.79 Å². The van der Waals surface area contributed by atoms with Crippen molar-refractivity contribution < 1.29 is 14.2 Å². The van der Waals surface area contributed by atoms with Crippen molar-refractivity contribution in [1.29, 1.82) is 0 Å². The number of ether oxygens (including phenoxy) is 3. The standard InChI is InChI=1S/C16H20N2O3/c1-12-9-18(13-7-5-4-6-8-13)17-15(12)19-10-14-11-20-16(2,3)21-14/h4-9,14H,10-11H2,1-3H3/t14-/m0/s1. The van der Waals surface area contributed by atoms with E-state index in [4.69, 9.17) is 14.2 Å². The summed E-state index contributed by atoms with van der Waals surface area (Å²) in [5, 5.41) is 4.48. The van der Waals surface area contributed by atoms with Gasteiger partial charge in [0.05, 0.1) is 12.3 Å². The predicted molar refractivity (Wildman–Crippen MR) is 78.7 cm³/mol. The van der Waals surface area contributed by atoms with E-state index in [9.17, 15) is 0 Å². The zero-order valence-electron chi connectivity index (χ0n) is 12.6. The largest absolute Gasteiger partial charge is 0.474 e. The van der Waals surface area contributed by atoms with Crippen molar-refractivity contribution >= 4 is 0 Å². The van der Waals surface area contributed by atoms with Crippen LogP contribution in [-0.2, 0) is 9.47 Å². The Balaban J connectivity index is 1.66. The van der Waals surface area contributed by atoms with Gasteiger partial charge in [-0.15, -0.1) is 5.10 Å². The highest BCUT2D eigenvalue weighted by molar-refractivity contribution is 5.34. The molecule has 2 heterocycles. The van der Waals surface area contributed by atoms with Gasteiger partial charge in [0, 0.05) is 11.8 Å². The summed E-state index contributed by atoms with van der Waals surface area (Å²) in [5.41, 5.74) is 2.01. The molecule has 5 heteroatoms. The van der Waals surface area contributed by atoms with Crippen LogP contribution in [0.15, 0.2) is 36.5 Å². The summed E-state index contributed by atoms with van der Waals surface area (Å²) in [4.78, 5) is 0. The molecule has 0 amide bonds. The van der Waals surface area contributed by atoms with Crippen molar-refractivity contribution in [2.75, 3.05) is 13.2 Å². The summed E-state index contributed by atoms with van der Waals surface area (Å²) in [5.74, 6) is 0.110. The Morgan fingerprint density at radius 3 is 2.76 bits per heavy atom. The number of para-hydroxylation sites is 1. The Morgan fingerprint density at radius 1 is 1.33 bits per heavy atom.